The van der Waals surface area contributed by atoms with Crippen molar-refractivity contribution in [3.8, 4) is 6.07 Å². The zero-order valence-corrected chi connectivity index (χ0v) is 17.6. The van der Waals surface area contributed by atoms with Gasteiger partial charge >= 0.3 is 6.18 Å². The van der Waals surface area contributed by atoms with Crippen molar-refractivity contribution in [1.82, 2.24) is 15.1 Å². The van der Waals surface area contributed by atoms with E-state index in [9.17, 15) is 23.1 Å². The second kappa shape index (κ2) is 7.37. The first kappa shape index (κ1) is 21.9. The van der Waals surface area contributed by atoms with Crippen LogP contribution in [-0.4, -0.2) is 32.4 Å². The molecule has 0 saturated heterocycles. The van der Waals surface area contributed by atoms with Crippen molar-refractivity contribution in [1.29, 1.82) is 5.26 Å². The topological polar surface area (TPSA) is 90.9 Å². The summed E-state index contributed by atoms with van der Waals surface area (Å²) >= 11 is 0. The number of hydrogen-bond acceptors (Lipinski definition) is 4. The molecular weight excluding hydrogens is 409 g/mol. The van der Waals surface area contributed by atoms with Gasteiger partial charge in [-0.05, 0) is 55.3 Å². The highest BCUT2D eigenvalue weighted by atomic mass is 19.4. The first-order chi connectivity index (χ1) is 14.4. The number of allylic oxidation sites excluding steroid dienone is 1. The van der Waals surface area contributed by atoms with E-state index in [4.69, 9.17) is 5.26 Å². The first-order valence-electron chi connectivity index (χ1n) is 10.6. The van der Waals surface area contributed by atoms with Crippen LogP contribution in [0.2, 0.25) is 0 Å². The zero-order chi connectivity index (χ0) is 22.6. The van der Waals surface area contributed by atoms with Crippen LogP contribution in [0.5, 0.6) is 0 Å². The second-order valence-corrected chi connectivity index (χ2v) is 10.2. The lowest BCUT2D eigenvalue weighted by atomic mass is 9.52. The monoisotopic (exact) mass is 436 g/mol. The average molecular weight is 436 g/mol. The van der Waals surface area contributed by atoms with Gasteiger partial charge in [0, 0.05) is 18.7 Å². The minimum atomic E-state index is -4.77. The van der Waals surface area contributed by atoms with Crippen LogP contribution in [0.15, 0.2) is 12.3 Å². The highest BCUT2D eigenvalue weighted by molar-refractivity contribution is 5.95. The molecule has 31 heavy (non-hydrogen) atoms. The van der Waals surface area contributed by atoms with Gasteiger partial charge in [-0.2, -0.15) is 23.5 Å². The van der Waals surface area contributed by atoms with E-state index in [1.807, 2.05) is 6.07 Å². The van der Waals surface area contributed by atoms with Crippen LogP contribution in [0.25, 0.3) is 6.20 Å². The Balaban J connectivity index is 1.57. The third-order valence-corrected chi connectivity index (χ3v) is 7.05. The molecule has 4 fully saturated rings. The molecule has 0 spiro atoms. The molecule has 4 aliphatic carbocycles. The molecule has 2 unspecified atom stereocenters. The minimum absolute atomic E-state index is 0.0938. The summed E-state index contributed by atoms with van der Waals surface area (Å²) in [7, 11) is 0. The Hall–Kier alpha value is -2.34. The number of nitriles is 1. The van der Waals surface area contributed by atoms with Gasteiger partial charge in [0.15, 0.2) is 5.69 Å². The van der Waals surface area contributed by atoms with Gasteiger partial charge in [0.1, 0.15) is 0 Å². The van der Waals surface area contributed by atoms with Gasteiger partial charge < -0.3 is 10.4 Å². The molecule has 4 saturated carbocycles. The van der Waals surface area contributed by atoms with Crippen LogP contribution in [0, 0.1) is 34.5 Å². The predicted molar refractivity (Wildman–Crippen MR) is 106 cm³/mol. The fourth-order valence-electron chi connectivity index (χ4n) is 5.91. The van der Waals surface area contributed by atoms with Gasteiger partial charge in [0.25, 0.3) is 5.91 Å². The van der Waals surface area contributed by atoms with Crippen LogP contribution >= 0.6 is 0 Å². The highest BCUT2D eigenvalue weighted by Crippen LogP contribution is 2.55. The maximum atomic E-state index is 13.8. The van der Waals surface area contributed by atoms with E-state index >= 15 is 0 Å². The Morgan fingerprint density at radius 2 is 2.00 bits per heavy atom. The summed E-state index contributed by atoms with van der Waals surface area (Å²) in [6.45, 7) is 3.47. The predicted octanol–water partition coefficient (Wildman–Crippen LogP) is 3.98. The van der Waals surface area contributed by atoms with Crippen LogP contribution in [0.3, 0.4) is 0 Å². The fraction of sp³-hybridized carbons (Fsp3) is 0.682. The lowest BCUT2D eigenvalue weighted by molar-refractivity contribution is -0.143. The maximum Gasteiger partial charge on any atom is 0.434 e. The summed E-state index contributed by atoms with van der Waals surface area (Å²) in [6.07, 6.45) is 2.72. The third kappa shape index (κ3) is 4.22. The van der Waals surface area contributed by atoms with Crippen molar-refractivity contribution in [2.75, 3.05) is 0 Å². The van der Waals surface area contributed by atoms with Gasteiger partial charge in [-0.3, -0.25) is 4.79 Å². The number of aliphatic hydroxyl groups is 1. The van der Waals surface area contributed by atoms with Crippen LogP contribution in [0.1, 0.15) is 68.4 Å². The summed E-state index contributed by atoms with van der Waals surface area (Å²) in [5.74, 6) is -0.161. The molecule has 5 rings (SSSR count). The summed E-state index contributed by atoms with van der Waals surface area (Å²) < 4.78 is 42.1. The van der Waals surface area contributed by atoms with E-state index in [1.165, 1.54) is 6.08 Å². The van der Waals surface area contributed by atoms with Crippen molar-refractivity contribution in [3.63, 3.8) is 0 Å². The van der Waals surface area contributed by atoms with E-state index in [-0.39, 0.29) is 24.3 Å². The molecular formula is C22H27F3N4O2. The number of halogens is 3. The van der Waals surface area contributed by atoms with Gasteiger partial charge in [0.05, 0.1) is 23.4 Å². The molecule has 4 aliphatic rings. The van der Waals surface area contributed by atoms with Crippen LogP contribution < -0.4 is 5.32 Å². The molecule has 0 aliphatic heterocycles. The minimum Gasteiger partial charge on any atom is -0.390 e. The van der Waals surface area contributed by atoms with Gasteiger partial charge in [-0.25, -0.2) is 4.68 Å². The molecule has 2 atom stereocenters. The second-order valence-electron chi connectivity index (χ2n) is 10.2. The number of nitrogens with zero attached hydrogens (tertiary/aromatic N) is 3. The number of amides is 1. The molecule has 1 aromatic rings. The van der Waals surface area contributed by atoms with E-state index in [0.717, 1.165) is 31.7 Å². The first-order valence-corrected chi connectivity index (χ1v) is 10.6. The van der Waals surface area contributed by atoms with E-state index in [0.29, 0.717) is 23.4 Å². The SMILES string of the molecule is CC(C)(/C=C/n1ncc(C(=O)NC2C3CC4CC2CC(O)(C4)C3)c1C(F)(F)F)CC#N. The van der Waals surface area contributed by atoms with E-state index in [1.54, 1.807) is 13.8 Å². The quantitative estimate of drug-likeness (QED) is 0.730. The van der Waals surface area contributed by atoms with Crippen molar-refractivity contribution in [3.05, 3.63) is 23.5 Å². The smallest absolute Gasteiger partial charge is 0.390 e. The molecule has 4 bridgehead atoms. The van der Waals surface area contributed by atoms with Crippen molar-refractivity contribution < 1.29 is 23.1 Å². The molecule has 6 nitrogen and oxygen atoms in total. The lowest BCUT2D eigenvalue weighted by Gasteiger charge is -2.58. The maximum absolute atomic E-state index is 13.8. The molecule has 9 heteroatoms. The summed E-state index contributed by atoms with van der Waals surface area (Å²) in [5, 5.41) is 26.2. The third-order valence-electron chi connectivity index (χ3n) is 7.05. The summed E-state index contributed by atoms with van der Waals surface area (Å²) in [6, 6.07) is 1.78. The van der Waals surface area contributed by atoms with Gasteiger partial charge in [0.2, 0.25) is 0 Å². The molecule has 2 N–H and O–H groups in total. The molecule has 0 radical (unpaired) electrons. The van der Waals surface area contributed by atoms with Crippen molar-refractivity contribution in [2.45, 2.75) is 70.2 Å². The molecule has 1 aromatic heterocycles. The fourth-order valence-corrected chi connectivity index (χ4v) is 5.91. The number of nitrogens with one attached hydrogen (secondary N) is 1. The summed E-state index contributed by atoms with van der Waals surface area (Å²) in [4.78, 5) is 12.9. The van der Waals surface area contributed by atoms with Gasteiger partial charge in [-0.15, -0.1) is 0 Å². The standard InChI is InChI=1S/C22H27F3N4O2/c1-20(2,3-5-26)4-6-29-18(22(23,24)25)16(12-27-29)19(30)28-17-14-7-13-8-15(17)11-21(31,9-13)10-14/h4,6,12-15,17,31H,3,7-11H2,1-2H3,(H,28,30)/b6-4+. The Morgan fingerprint density at radius 1 is 1.35 bits per heavy atom. The van der Waals surface area contributed by atoms with E-state index < -0.39 is 34.4 Å². The largest absolute Gasteiger partial charge is 0.434 e. The Bertz CT molecular complexity index is 928. The Kier molecular flexibility index (Phi) is 5.20. The average Bonchev–Trinajstić information content (AvgIpc) is 3.06. The summed E-state index contributed by atoms with van der Waals surface area (Å²) in [5.41, 5.74) is -2.95. The van der Waals surface area contributed by atoms with Crippen LogP contribution in [0.4, 0.5) is 13.2 Å². The van der Waals surface area contributed by atoms with Crippen molar-refractivity contribution in [2.24, 2.45) is 23.2 Å². The molecule has 1 amide bonds. The molecule has 168 valence electrons. The Labute approximate surface area is 179 Å². The van der Waals surface area contributed by atoms with Crippen LogP contribution in [-0.2, 0) is 6.18 Å². The number of carbonyl (C=O) groups is 1. The number of aromatic nitrogens is 2. The normalized spacial score (nSPS) is 32.4. The number of carbonyl (C=O) groups excluding carboxylic acids is 1. The highest BCUT2D eigenvalue weighted by Gasteiger charge is 2.55. The molecule has 0 aromatic carbocycles. The number of alkyl halides is 3. The molecule has 1 heterocycles. The van der Waals surface area contributed by atoms with Gasteiger partial charge in [-0.1, -0.05) is 19.9 Å². The van der Waals surface area contributed by atoms with E-state index in [2.05, 4.69) is 10.4 Å². The number of rotatable bonds is 5. The van der Waals surface area contributed by atoms with Crippen molar-refractivity contribution >= 4 is 12.1 Å². The Morgan fingerprint density at radius 3 is 2.55 bits per heavy atom. The lowest BCUT2D eigenvalue weighted by Crippen LogP contribution is -2.61. The zero-order valence-electron chi connectivity index (χ0n) is 17.6. The number of hydrogen-bond donors (Lipinski definition) is 2.